The van der Waals surface area contributed by atoms with Crippen molar-refractivity contribution in [1.29, 1.82) is 0 Å². The molecule has 100 valence electrons. The van der Waals surface area contributed by atoms with Crippen molar-refractivity contribution in [2.24, 2.45) is 0 Å². The van der Waals surface area contributed by atoms with Crippen LogP contribution in [-0.4, -0.2) is 22.7 Å². The molecule has 0 aliphatic heterocycles. The maximum atomic E-state index is 10.3. The maximum absolute atomic E-state index is 10.3. The minimum Gasteiger partial charge on any atom is -0.304 e. The van der Waals surface area contributed by atoms with Crippen LogP contribution < -0.4 is 0 Å². The Morgan fingerprint density at radius 1 is 1.06 bits per heavy atom. The van der Waals surface area contributed by atoms with E-state index in [0.717, 1.165) is 32.1 Å². The molecule has 0 radical (unpaired) electrons. The molecule has 0 saturated heterocycles. The molecular formula is C10H20N2O5. The molecule has 1 unspecified atom stereocenters. The van der Waals surface area contributed by atoms with Crippen molar-refractivity contribution in [2.45, 2.75) is 58.0 Å². The molecule has 0 aromatic carbocycles. The van der Waals surface area contributed by atoms with E-state index in [-0.39, 0.29) is 0 Å². The molecule has 0 bridgehead atoms. The lowest BCUT2D eigenvalue weighted by molar-refractivity contribution is -0.774. The second kappa shape index (κ2) is 9.80. The number of hydrogen-bond acceptors (Lipinski definition) is 5. The van der Waals surface area contributed by atoms with Gasteiger partial charge in [-0.15, -0.1) is 10.1 Å². The summed E-state index contributed by atoms with van der Waals surface area (Å²) in [5.74, 6) is 0. The zero-order valence-corrected chi connectivity index (χ0v) is 10.2. The first-order chi connectivity index (χ1) is 8.06. The summed E-state index contributed by atoms with van der Waals surface area (Å²) in [6.45, 7) is 1.62. The molecular weight excluding hydrogens is 228 g/mol. The number of hydrogen-bond donors (Lipinski definition) is 0. The number of unbranched alkanes of at least 4 members (excludes halogenated alkanes) is 5. The van der Waals surface area contributed by atoms with Crippen LogP contribution in [0.5, 0.6) is 0 Å². The first-order valence-corrected chi connectivity index (χ1v) is 5.99. The van der Waals surface area contributed by atoms with Crippen LogP contribution in [0.25, 0.3) is 0 Å². The summed E-state index contributed by atoms with van der Waals surface area (Å²) in [5.41, 5.74) is 0. The van der Waals surface area contributed by atoms with E-state index in [1.54, 1.807) is 0 Å². The Hall–Kier alpha value is -1.40. The Morgan fingerprint density at radius 3 is 2.18 bits per heavy atom. The van der Waals surface area contributed by atoms with Crippen LogP contribution in [0.1, 0.15) is 51.9 Å². The SMILES string of the molecule is CCCCCCCCC(C[N+](=O)[O-])O[N+](=O)[O-]. The van der Waals surface area contributed by atoms with Gasteiger partial charge in [-0.05, 0) is 6.42 Å². The van der Waals surface area contributed by atoms with Gasteiger partial charge < -0.3 is 4.84 Å². The Labute approximate surface area is 100 Å². The molecule has 7 nitrogen and oxygen atoms in total. The molecule has 0 rings (SSSR count). The Balaban J connectivity index is 3.68. The van der Waals surface area contributed by atoms with Gasteiger partial charge in [-0.2, -0.15) is 0 Å². The van der Waals surface area contributed by atoms with E-state index in [0.29, 0.717) is 6.42 Å². The van der Waals surface area contributed by atoms with Crippen molar-refractivity contribution in [3.05, 3.63) is 20.2 Å². The van der Waals surface area contributed by atoms with Crippen molar-refractivity contribution >= 4 is 0 Å². The van der Waals surface area contributed by atoms with Crippen molar-refractivity contribution in [3.8, 4) is 0 Å². The highest BCUT2D eigenvalue weighted by molar-refractivity contribution is 4.55. The van der Waals surface area contributed by atoms with Gasteiger partial charge in [0.15, 0.2) is 6.10 Å². The third kappa shape index (κ3) is 10.9. The number of nitrogens with zero attached hydrogens (tertiary/aromatic N) is 2. The Kier molecular flexibility index (Phi) is 8.99. The summed E-state index contributed by atoms with van der Waals surface area (Å²) in [7, 11) is 0. The van der Waals surface area contributed by atoms with Gasteiger partial charge in [0, 0.05) is 4.92 Å². The van der Waals surface area contributed by atoms with Crippen LogP contribution in [0, 0.1) is 20.2 Å². The molecule has 1 atom stereocenters. The van der Waals surface area contributed by atoms with E-state index in [2.05, 4.69) is 11.8 Å². The van der Waals surface area contributed by atoms with Crippen molar-refractivity contribution < 1.29 is 14.8 Å². The quantitative estimate of drug-likeness (QED) is 0.318. The normalized spacial score (nSPS) is 12.1. The van der Waals surface area contributed by atoms with Crippen LogP contribution in [0.15, 0.2) is 0 Å². The first-order valence-electron chi connectivity index (χ1n) is 5.99. The fourth-order valence-corrected chi connectivity index (χ4v) is 1.62. The van der Waals surface area contributed by atoms with Gasteiger partial charge in [0.2, 0.25) is 6.54 Å². The summed E-state index contributed by atoms with van der Waals surface area (Å²) in [5, 5.41) is 19.4. The molecule has 0 aliphatic rings. The zero-order chi connectivity index (χ0) is 13.1. The molecule has 0 N–H and O–H groups in total. The van der Waals surface area contributed by atoms with Gasteiger partial charge in [-0.25, -0.2) is 0 Å². The molecule has 0 amide bonds. The average Bonchev–Trinajstić information content (AvgIpc) is 2.21. The fourth-order valence-electron chi connectivity index (χ4n) is 1.62. The van der Waals surface area contributed by atoms with E-state index in [9.17, 15) is 20.2 Å². The van der Waals surface area contributed by atoms with Gasteiger partial charge in [-0.1, -0.05) is 45.4 Å². The minimum atomic E-state index is -0.953. The van der Waals surface area contributed by atoms with Crippen LogP contribution in [0.2, 0.25) is 0 Å². The van der Waals surface area contributed by atoms with Gasteiger partial charge in [-0.3, -0.25) is 10.1 Å². The van der Waals surface area contributed by atoms with E-state index in [4.69, 9.17) is 0 Å². The van der Waals surface area contributed by atoms with Crippen LogP contribution in [0.3, 0.4) is 0 Å². The second-order valence-electron chi connectivity index (χ2n) is 4.02. The Morgan fingerprint density at radius 2 is 1.65 bits per heavy atom. The van der Waals surface area contributed by atoms with Crippen molar-refractivity contribution in [2.75, 3.05) is 6.54 Å². The van der Waals surface area contributed by atoms with Gasteiger partial charge in [0.25, 0.3) is 5.09 Å². The predicted molar refractivity (Wildman–Crippen MR) is 61.7 cm³/mol. The smallest absolute Gasteiger partial charge is 0.295 e. The van der Waals surface area contributed by atoms with Crippen LogP contribution in [0.4, 0.5) is 0 Å². The van der Waals surface area contributed by atoms with Gasteiger partial charge in [0.05, 0.1) is 0 Å². The summed E-state index contributed by atoms with van der Waals surface area (Å²) in [6, 6.07) is 0. The molecule has 0 spiro atoms. The highest BCUT2D eigenvalue weighted by atomic mass is 17.0. The molecule has 0 aromatic heterocycles. The summed E-state index contributed by atoms with van der Waals surface area (Å²) in [4.78, 5) is 24.1. The Bertz CT molecular complexity index is 219. The van der Waals surface area contributed by atoms with Gasteiger partial charge in [0.1, 0.15) is 0 Å². The number of nitro groups is 1. The largest absolute Gasteiger partial charge is 0.304 e. The van der Waals surface area contributed by atoms with E-state index < -0.39 is 22.7 Å². The van der Waals surface area contributed by atoms with Gasteiger partial charge >= 0.3 is 0 Å². The lowest BCUT2D eigenvalue weighted by Gasteiger charge is -2.10. The maximum Gasteiger partial charge on any atom is 0.295 e. The molecule has 0 heterocycles. The highest BCUT2D eigenvalue weighted by Gasteiger charge is 2.18. The molecule has 7 heteroatoms. The summed E-state index contributed by atoms with van der Waals surface area (Å²) in [6.07, 6.45) is 5.69. The first kappa shape index (κ1) is 15.6. The third-order valence-corrected chi connectivity index (χ3v) is 2.47. The summed E-state index contributed by atoms with van der Waals surface area (Å²) >= 11 is 0. The highest BCUT2D eigenvalue weighted by Crippen LogP contribution is 2.10. The molecule has 0 saturated carbocycles. The van der Waals surface area contributed by atoms with Crippen molar-refractivity contribution in [3.63, 3.8) is 0 Å². The van der Waals surface area contributed by atoms with E-state index >= 15 is 0 Å². The third-order valence-electron chi connectivity index (χ3n) is 2.47. The van der Waals surface area contributed by atoms with Crippen LogP contribution >= 0.6 is 0 Å². The number of rotatable bonds is 11. The topological polar surface area (TPSA) is 95.5 Å². The molecule has 0 fully saturated rings. The molecule has 0 aromatic rings. The van der Waals surface area contributed by atoms with E-state index in [1.165, 1.54) is 6.42 Å². The fraction of sp³-hybridized carbons (Fsp3) is 1.00. The zero-order valence-electron chi connectivity index (χ0n) is 10.2. The van der Waals surface area contributed by atoms with E-state index in [1.807, 2.05) is 0 Å². The van der Waals surface area contributed by atoms with Crippen LogP contribution in [-0.2, 0) is 4.84 Å². The molecule has 17 heavy (non-hydrogen) atoms. The predicted octanol–water partition coefficient (Wildman–Crippen LogP) is 2.59. The lowest BCUT2D eigenvalue weighted by Crippen LogP contribution is -2.25. The lowest BCUT2D eigenvalue weighted by atomic mass is 10.1. The molecule has 0 aliphatic carbocycles. The van der Waals surface area contributed by atoms with Crippen molar-refractivity contribution in [1.82, 2.24) is 0 Å². The summed E-state index contributed by atoms with van der Waals surface area (Å²) < 4.78 is 0. The standard InChI is InChI=1S/C10H20N2O5/c1-2-3-4-5-6-7-8-10(9-11(13)14)17-12(15)16/h10H,2-9H2,1H3. The average molecular weight is 248 g/mol. The second-order valence-corrected chi connectivity index (χ2v) is 4.02. The monoisotopic (exact) mass is 248 g/mol. The minimum absolute atomic E-state index is 0.369.